The van der Waals surface area contributed by atoms with E-state index < -0.39 is 41.8 Å². The fourth-order valence-electron chi connectivity index (χ4n) is 3.16. The van der Waals surface area contributed by atoms with Crippen molar-refractivity contribution in [3.05, 3.63) is 35.5 Å². The third-order valence-electron chi connectivity index (χ3n) is 5.15. The van der Waals surface area contributed by atoms with Gasteiger partial charge in [-0.25, -0.2) is 9.59 Å². The van der Waals surface area contributed by atoms with Crippen LogP contribution in [-0.4, -0.2) is 46.1 Å². The summed E-state index contributed by atoms with van der Waals surface area (Å²) in [6.45, 7) is 10.2. The second kappa shape index (κ2) is 7.76. The summed E-state index contributed by atoms with van der Waals surface area (Å²) in [5.74, 6) is -1.98. The number of fused-ring (bicyclic) bond motifs is 1. The quantitative estimate of drug-likeness (QED) is 0.453. The van der Waals surface area contributed by atoms with Gasteiger partial charge in [0.2, 0.25) is 0 Å². The van der Waals surface area contributed by atoms with Crippen LogP contribution in [-0.2, 0) is 19.1 Å². The van der Waals surface area contributed by atoms with Crippen LogP contribution in [0.5, 0.6) is 0 Å². The molecule has 1 saturated heterocycles. The molecule has 1 aliphatic carbocycles. The predicted molar refractivity (Wildman–Crippen MR) is 96.1 cm³/mol. The van der Waals surface area contributed by atoms with Crippen LogP contribution >= 0.6 is 0 Å². The Labute approximate surface area is 154 Å². The summed E-state index contributed by atoms with van der Waals surface area (Å²) in [7, 11) is 0. The summed E-state index contributed by atoms with van der Waals surface area (Å²) in [6.07, 6.45) is 3.46. The van der Waals surface area contributed by atoms with E-state index in [2.05, 4.69) is 12.7 Å². The van der Waals surface area contributed by atoms with Crippen LogP contribution in [0.3, 0.4) is 0 Å². The Bertz CT molecular complexity index is 655. The first-order chi connectivity index (χ1) is 12.0. The molecule has 0 spiro atoms. The van der Waals surface area contributed by atoms with Crippen molar-refractivity contribution in [2.75, 3.05) is 0 Å². The Hall–Kier alpha value is -1.92. The molecule has 26 heavy (non-hydrogen) atoms. The molecular formula is C20H28O6. The molecule has 6 heteroatoms. The minimum Gasteiger partial charge on any atom is -0.459 e. The number of hydrogen-bond donors (Lipinski definition) is 2. The molecule has 1 heterocycles. The van der Waals surface area contributed by atoms with Crippen molar-refractivity contribution in [2.45, 2.75) is 70.9 Å². The number of ether oxygens (including phenoxy) is 2. The molecule has 5 atom stereocenters. The fraction of sp³-hybridized carbons (Fsp3) is 0.600. The lowest BCUT2D eigenvalue weighted by Crippen LogP contribution is -2.49. The maximum absolute atomic E-state index is 12.5. The molecule has 1 fully saturated rings. The van der Waals surface area contributed by atoms with Gasteiger partial charge in [0.1, 0.15) is 12.2 Å². The standard InChI is InChI=1S/C20H28O6/c1-11-7-6-8-12(2)10-16(26-19(23)20(5,24)14(4)21)17-13(3)18(22)25-15(17)9-11/h8-9,14-17,21,24H,3,6-7,10H2,1-2,4-5H3/b11-9+,12-8+/t14-,15-,16+,17-,20-/m0/s1. The Kier molecular flexibility index (Phi) is 6.09. The van der Waals surface area contributed by atoms with E-state index in [0.29, 0.717) is 6.42 Å². The smallest absolute Gasteiger partial charge is 0.340 e. The summed E-state index contributed by atoms with van der Waals surface area (Å²) in [6, 6.07) is 0. The monoisotopic (exact) mass is 364 g/mol. The summed E-state index contributed by atoms with van der Waals surface area (Å²) in [5, 5.41) is 19.9. The summed E-state index contributed by atoms with van der Waals surface area (Å²) in [4.78, 5) is 24.5. The number of carbonyl (C=O) groups excluding carboxylic acids is 2. The predicted octanol–water partition coefficient (Wildman–Crippen LogP) is 2.20. The van der Waals surface area contributed by atoms with Gasteiger partial charge >= 0.3 is 11.9 Å². The van der Waals surface area contributed by atoms with E-state index in [-0.39, 0.29) is 5.57 Å². The van der Waals surface area contributed by atoms with Crippen LogP contribution in [0, 0.1) is 5.92 Å². The average Bonchev–Trinajstić information content (AvgIpc) is 2.80. The van der Waals surface area contributed by atoms with Gasteiger partial charge in [-0.15, -0.1) is 0 Å². The first-order valence-corrected chi connectivity index (χ1v) is 8.88. The lowest BCUT2D eigenvalue weighted by atomic mass is 9.85. The highest BCUT2D eigenvalue weighted by molar-refractivity contribution is 5.91. The fourth-order valence-corrected chi connectivity index (χ4v) is 3.16. The van der Waals surface area contributed by atoms with Crippen molar-refractivity contribution in [1.82, 2.24) is 0 Å². The molecule has 144 valence electrons. The van der Waals surface area contributed by atoms with Crippen LogP contribution in [0.4, 0.5) is 0 Å². The Morgan fingerprint density at radius 3 is 2.69 bits per heavy atom. The van der Waals surface area contributed by atoms with Gasteiger partial charge in [0.15, 0.2) is 5.60 Å². The molecule has 0 aromatic rings. The van der Waals surface area contributed by atoms with Crippen molar-refractivity contribution in [3.63, 3.8) is 0 Å². The Morgan fingerprint density at radius 2 is 2.08 bits per heavy atom. The van der Waals surface area contributed by atoms with Crippen molar-refractivity contribution >= 4 is 11.9 Å². The molecular weight excluding hydrogens is 336 g/mol. The minimum atomic E-state index is -2.04. The third-order valence-corrected chi connectivity index (χ3v) is 5.15. The number of hydrogen-bond acceptors (Lipinski definition) is 6. The van der Waals surface area contributed by atoms with Gasteiger partial charge in [-0.05, 0) is 46.6 Å². The first-order valence-electron chi connectivity index (χ1n) is 8.88. The van der Waals surface area contributed by atoms with E-state index in [1.165, 1.54) is 13.8 Å². The number of esters is 2. The van der Waals surface area contributed by atoms with E-state index in [0.717, 1.165) is 24.0 Å². The highest BCUT2D eigenvalue weighted by atomic mass is 16.6. The minimum absolute atomic E-state index is 0.252. The Morgan fingerprint density at radius 1 is 1.42 bits per heavy atom. The number of rotatable bonds is 3. The zero-order valence-electron chi connectivity index (χ0n) is 15.8. The zero-order valence-corrected chi connectivity index (χ0v) is 15.8. The Balaban J connectivity index is 2.38. The molecule has 0 unspecified atom stereocenters. The second-order valence-corrected chi connectivity index (χ2v) is 7.49. The maximum Gasteiger partial charge on any atom is 0.340 e. The van der Waals surface area contributed by atoms with Gasteiger partial charge < -0.3 is 19.7 Å². The van der Waals surface area contributed by atoms with Gasteiger partial charge in [0.25, 0.3) is 0 Å². The summed E-state index contributed by atoms with van der Waals surface area (Å²) >= 11 is 0. The van der Waals surface area contributed by atoms with Crippen molar-refractivity contribution in [2.24, 2.45) is 5.92 Å². The molecule has 0 aromatic carbocycles. The highest BCUT2D eigenvalue weighted by Gasteiger charge is 2.46. The molecule has 0 aromatic heterocycles. The maximum atomic E-state index is 12.5. The van der Waals surface area contributed by atoms with Crippen LogP contribution < -0.4 is 0 Å². The lowest BCUT2D eigenvalue weighted by molar-refractivity contribution is -0.182. The number of carbonyl (C=O) groups is 2. The highest BCUT2D eigenvalue weighted by Crippen LogP contribution is 2.36. The molecule has 6 nitrogen and oxygen atoms in total. The molecule has 0 bridgehead atoms. The van der Waals surface area contributed by atoms with E-state index in [1.807, 2.05) is 19.9 Å². The van der Waals surface area contributed by atoms with E-state index in [9.17, 15) is 19.8 Å². The zero-order chi connectivity index (χ0) is 19.6. The molecule has 0 saturated carbocycles. The number of allylic oxidation sites excluding steroid dienone is 2. The van der Waals surface area contributed by atoms with Gasteiger partial charge in [0.05, 0.1) is 12.0 Å². The lowest BCUT2D eigenvalue weighted by Gasteiger charge is -2.31. The molecule has 2 aliphatic rings. The van der Waals surface area contributed by atoms with Gasteiger partial charge in [0, 0.05) is 12.0 Å². The number of aliphatic hydroxyl groups is 2. The van der Waals surface area contributed by atoms with E-state index in [1.54, 1.807) is 0 Å². The molecule has 2 rings (SSSR count). The van der Waals surface area contributed by atoms with Crippen molar-refractivity contribution in [1.29, 1.82) is 0 Å². The molecule has 0 amide bonds. The normalized spacial score (nSPS) is 34.3. The van der Waals surface area contributed by atoms with Crippen LogP contribution in [0.25, 0.3) is 0 Å². The SMILES string of the molecule is C=C1C(=O)O[C@H]2/C=C(\C)CC/C=C(\C)C[C@@H](OC(=O)[C@@](C)(O)[C@H](C)O)[C@@H]12. The third kappa shape index (κ3) is 4.24. The van der Waals surface area contributed by atoms with Crippen LogP contribution in [0.1, 0.15) is 47.0 Å². The molecule has 0 radical (unpaired) electrons. The van der Waals surface area contributed by atoms with E-state index in [4.69, 9.17) is 9.47 Å². The first kappa shape index (κ1) is 20.4. The van der Waals surface area contributed by atoms with Crippen LogP contribution in [0.15, 0.2) is 35.5 Å². The van der Waals surface area contributed by atoms with E-state index >= 15 is 0 Å². The van der Waals surface area contributed by atoms with Gasteiger partial charge in [-0.2, -0.15) is 0 Å². The summed E-state index contributed by atoms with van der Waals surface area (Å²) < 4.78 is 11.0. The average molecular weight is 364 g/mol. The second-order valence-electron chi connectivity index (χ2n) is 7.49. The molecule has 1 aliphatic heterocycles. The van der Waals surface area contributed by atoms with Crippen molar-refractivity contribution < 1.29 is 29.3 Å². The number of aliphatic hydroxyl groups excluding tert-OH is 1. The topological polar surface area (TPSA) is 93.1 Å². The molecule has 2 N–H and O–H groups in total. The van der Waals surface area contributed by atoms with Crippen LogP contribution in [0.2, 0.25) is 0 Å². The van der Waals surface area contributed by atoms with Gasteiger partial charge in [-0.3, -0.25) is 0 Å². The summed E-state index contributed by atoms with van der Waals surface area (Å²) in [5.41, 5.74) is 0.301. The largest absolute Gasteiger partial charge is 0.459 e. The van der Waals surface area contributed by atoms with Gasteiger partial charge in [-0.1, -0.05) is 23.8 Å². The van der Waals surface area contributed by atoms with Crippen molar-refractivity contribution in [3.8, 4) is 0 Å².